The van der Waals surface area contributed by atoms with Crippen molar-refractivity contribution in [2.24, 2.45) is 5.92 Å². The molecule has 27 heavy (non-hydrogen) atoms. The predicted octanol–water partition coefficient (Wildman–Crippen LogP) is 1.98. The van der Waals surface area contributed by atoms with Gasteiger partial charge < -0.3 is 29.5 Å². The van der Waals surface area contributed by atoms with Gasteiger partial charge in [-0.1, -0.05) is 13.8 Å². The van der Waals surface area contributed by atoms with E-state index in [0.717, 1.165) is 56.1 Å². The third-order valence-electron chi connectivity index (χ3n) is 4.84. The molecule has 1 aromatic carbocycles. The quantitative estimate of drug-likeness (QED) is 0.647. The van der Waals surface area contributed by atoms with E-state index in [0.29, 0.717) is 12.5 Å². The number of nitrogens with zero attached hydrogens (tertiary/aromatic N) is 2. The second-order valence-electron chi connectivity index (χ2n) is 8.06. The third kappa shape index (κ3) is 7.66. The SMILES string of the molecule is COc1ccc(OC[C@H](O)CN2CCC(O)CC2)c(CN(C)CC(C)C)c1. The smallest absolute Gasteiger partial charge is 0.124 e. The summed E-state index contributed by atoms with van der Waals surface area (Å²) in [5.74, 6) is 2.19. The highest BCUT2D eigenvalue weighted by molar-refractivity contribution is 5.40. The Hall–Kier alpha value is -1.34. The molecule has 0 saturated carbocycles. The first-order chi connectivity index (χ1) is 12.9. The van der Waals surface area contributed by atoms with Crippen LogP contribution in [0.5, 0.6) is 11.5 Å². The number of benzene rings is 1. The predicted molar refractivity (Wildman–Crippen MR) is 107 cm³/mol. The van der Waals surface area contributed by atoms with Crippen LogP contribution in [0.4, 0.5) is 0 Å². The number of rotatable bonds is 10. The van der Waals surface area contributed by atoms with Gasteiger partial charge in [0.1, 0.15) is 24.2 Å². The lowest BCUT2D eigenvalue weighted by molar-refractivity contribution is 0.0335. The number of piperidine rings is 1. The first-order valence-corrected chi connectivity index (χ1v) is 9.94. The van der Waals surface area contributed by atoms with Crippen LogP contribution in [-0.4, -0.2) is 79.2 Å². The Balaban J connectivity index is 1.91. The minimum atomic E-state index is -0.552. The molecular formula is C21H36N2O4. The fourth-order valence-corrected chi connectivity index (χ4v) is 3.56. The number of aliphatic hydroxyl groups excluding tert-OH is 2. The zero-order valence-corrected chi connectivity index (χ0v) is 17.2. The maximum absolute atomic E-state index is 10.4. The fraction of sp³-hybridized carbons (Fsp3) is 0.714. The number of likely N-dealkylation sites (tertiary alicyclic amines) is 1. The first kappa shape index (κ1) is 22.0. The fourth-order valence-electron chi connectivity index (χ4n) is 3.56. The monoisotopic (exact) mass is 380 g/mol. The Bertz CT molecular complexity index is 559. The molecule has 6 nitrogen and oxygen atoms in total. The largest absolute Gasteiger partial charge is 0.497 e. The molecule has 154 valence electrons. The van der Waals surface area contributed by atoms with E-state index in [-0.39, 0.29) is 12.7 Å². The summed E-state index contributed by atoms with van der Waals surface area (Å²) < 4.78 is 11.3. The van der Waals surface area contributed by atoms with E-state index in [1.807, 2.05) is 18.2 Å². The molecule has 1 heterocycles. The van der Waals surface area contributed by atoms with Crippen LogP contribution in [0.2, 0.25) is 0 Å². The summed E-state index contributed by atoms with van der Waals surface area (Å²) >= 11 is 0. The standard InChI is InChI=1S/C21H36N2O4/c1-16(2)12-22(3)13-17-11-20(26-4)5-6-21(17)27-15-19(25)14-23-9-7-18(24)8-10-23/h5-6,11,16,18-19,24-25H,7-10,12-15H2,1-4H3/t19-/m1/s1. The summed E-state index contributed by atoms with van der Waals surface area (Å²) in [6.45, 7) is 8.66. The zero-order chi connectivity index (χ0) is 19.8. The highest BCUT2D eigenvalue weighted by Gasteiger charge is 2.20. The highest BCUT2D eigenvalue weighted by Crippen LogP contribution is 2.26. The van der Waals surface area contributed by atoms with Crippen molar-refractivity contribution < 1.29 is 19.7 Å². The second-order valence-corrected chi connectivity index (χ2v) is 8.06. The van der Waals surface area contributed by atoms with Gasteiger partial charge in [0.15, 0.2) is 0 Å². The van der Waals surface area contributed by atoms with Crippen LogP contribution in [0, 0.1) is 5.92 Å². The Morgan fingerprint density at radius 2 is 1.96 bits per heavy atom. The number of aliphatic hydroxyl groups is 2. The molecular weight excluding hydrogens is 344 g/mol. The number of β-amino-alcohol motifs (C(OH)–C–C–N with tert-alkyl or cyclic N) is 1. The second kappa shape index (κ2) is 10.9. The van der Waals surface area contributed by atoms with E-state index < -0.39 is 6.10 Å². The first-order valence-electron chi connectivity index (χ1n) is 9.94. The molecule has 2 N–H and O–H groups in total. The van der Waals surface area contributed by atoms with E-state index in [1.165, 1.54) is 0 Å². The highest BCUT2D eigenvalue weighted by atomic mass is 16.5. The molecule has 1 aliphatic rings. The van der Waals surface area contributed by atoms with Crippen molar-refractivity contribution in [2.75, 3.05) is 46.9 Å². The number of hydrogen-bond acceptors (Lipinski definition) is 6. The van der Waals surface area contributed by atoms with Gasteiger partial charge in [0, 0.05) is 38.3 Å². The van der Waals surface area contributed by atoms with E-state index >= 15 is 0 Å². The van der Waals surface area contributed by atoms with Crippen molar-refractivity contribution in [3.63, 3.8) is 0 Å². The molecule has 1 atom stereocenters. The Morgan fingerprint density at radius 3 is 2.59 bits per heavy atom. The molecule has 0 unspecified atom stereocenters. The topological polar surface area (TPSA) is 65.4 Å². The van der Waals surface area contributed by atoms with Crippen LogP contribution in [0.15, 0.2) is 18.2 Å². The van der Waals surface area contributed by atoms with Crippen molar-refractivity contribution in [1.82, 2.24) is 9.80 Å². The van der Waals surface area contributed by atoms with Crippen LogP contribution in [0.25, 0.3) is 0 Å². The van der Waals surface area contributed by atoms with Gasteiger partial charge in [-0.25, -0.2) is 0 Å². The Morgan fingerprint density at radius 1 is 1.26 bits per heavy atom. The van der Waals surface area contributed by atoms with Gasteiger partial charge in [0.25, 0.3) is 0 Å². The van der Waals surface area contributed by atoms with Crippen molar-refractivity contribution in [3.8, 4) is 11.5 Å². The van der Waals surface area contributed by atoms with Crippen molar-refractivity contribution in [1.29, 1.82) is 0 Å². The summed E-state index contributed by atoms with van der Waals surface area (Å²) in [4.78, 5) is 4.45. The van der Waals surface area contributed by atoms with Gasteiger partial charge in [-0.05, 0) is 44.0 Å². The molecule has 6 heteroatoms. The molecule has 0 amide bonds. The summed E-state index contributed by atoms with van der Waals surface area (Å²) in [6.07, 6.45) is 0.805. The number of hydrogen-bond donors (Lipinski definition) is 2. The molecule has 0 spiro atoms. The van der Waals surface area contributed by atoms with Crippen LogP contribution in [0.3, 0.4) is 0 Å². The molecule has 1 fully saturated rings. The average Bonchev–Trinajstić information content (AvgIpc) is 2.61. The Kier molecular flexibility index (Phi) is 8.83. The number of ether oxygens (including phenoxy) is 2. The lowest BCUT2D eigenvalue weighted by Gasteiger charge is -2.31. The molecule has 0 bridgehead atoms. The van der Waals surface area contributed by atoms with Gasteiger partial charge in [0.2, 0.25) is 0 Å². The van der Waals surface area contributed by atoms with E-state index in [4.69, 9.17) is 9.47 Å². The third-order valence-corrected chi connectivity index (χ3v) is 4.84. The summed E-state index contributed by atoms with van der Waals surface area (Å²) in [7, 11) is 3.76. The molecule has 0 radical (unpaired) electrons. The summed E-state index contributed by atoms with van der Waals surface area (Å²) in [5.41, 5.74) is 1.06. The molecule has 0 aromatic heterocycles. The lowest BCUT2D eigenvalue weighted by atomic mass is 10.1. The maximum atomic E-state index is 10.4. The van der Waals surface area contributed by atoms with Crippen LogP contribution < -0.4 is 9.47 Å². The van der Waals surface area contributed by atoms with E-state index in [1.54, 1.807) is 7.11 Å². The van der Waals surface area contributed by atoms with Crippen molar-refractivity contribution in [3.05, 3.63) is 23.8 Å². The van der Waals surface area contributed by atoms with Gasteiger partial charge in [-0.15, -0.1) is 0 Å². The van der Waals surface area contributed by atoms with Crippen molar-refractivity contribution in [2.45, 2.75) is 45.4 Å². The van der Waals surface area contributed by atoms with E-state index in [2.05, 4.69) is 30.7 Å². The van der Waals surface area contributed by atoms with E-state index in [9.17, 15) is 10.2 Å². The molecule has 1 aromatic rings. The van der Waals surface area contributed by atoms with Gasteiger partial charge >= 0.3 is 0 Å². The summed E-state index contributed by atoms with van der Waals surface area (Å²) in [5, 5.41) is 19.9. The van der Waals surface area contributed by atoms with Gasteiger partial charge in [-0.3, -0.25) is 0 Å². The van der Waals surface area contributed by atoms with Crippen LogP contribution in [0.1, 0.15) is 32.3 Å². The zero-order valence-electron chi connectivity index (χ0n) is 17.2. The summed E-state index contributed by atoms with van der Waals surface area (Å²) in [6, 6.07) is 5.81. The minimum Gasteiger partial charge on any atom is -0.497 e. The van der Waals surface area contributed by atoms with Gasteiger partial charge in [0.05, 0.1) is 13.2 Å². The molecule has 1 saturated heterocycles. The Labute approximate surface area is 163 Å². The van der Waals surface area contributed by atoms with Crippen LogP contribution >= 0.6 is 0 Å². The molecule has 2 rings (SSSR count). The lowest BCUT2D eigenvalue weighted by Crippen LogP contribution is -2.41. The van der Waals surface area contributed by atoms with Crippen LogP contribution in [-0.2, 0) is 6.54 Å². The number of methoxy groups -OCH3 is 1. The molecule has 0 aliphatic carbocycles. The maximum Gasteiger partial charge on any atom is 0.124 e. The normalized spacial score (nSPS) is 17.5. The van der Waals surface area contributed by atoms with Crippen molar-refractivity contribution >= 4 is 0 Å². The average molecular weight is 381 g/mol. The molecule has 1 aliphatic heterocycles. The van der Waals surface area contributed by atoms with Gasteiger partial charge in [-0.2, -0.15) is 0 Å². The minimum absolute atomic E-state index is 0.195.